The summed E-state index contributed by atoms with van der Waals surface area (Å²) in [6.45, 7) is 2.85. The van der Waals surface area contributed by atoms with E-state index < -0.39 is 5.82 Å². The van der Waals surface area contributed by atoms with Gasteiger partial charge in [0.25, 0.3) is 0 Å². The highest BCUT2D eigenvalue weighted by Gasteiger charge is 2.24. The van der Waals surface area contributed by atoms with Crippen LogP contribution in [-0.2, 0) is 4.79 Å². The number of aliphatic hydroxyl groups is 1. The molecular formula is C21H25FN2O3. The number of amides is 1. The zero-order valence-corrected chi connectivity index (χ0v) is 15.2. The summed E-state index contributed by atoms with van der Waals surface area (Å²) in [6.07, 6.45) is 2.43. The van der Waals surface area contributed by atoms with Crippen LogP contribution in [0.1, 0.15) is 19.3 Å². The molecule has 6 heteroatoms. The highest BCUT2D eigenvalue weighted by Crippen LogP contribution is 2.26. The van der Waals surface area contributed by atoms with Gasteiger partial charge in [-0.05, 0) is 68.8 Å². The molecule has 0 radical (unpaired) electrons. The van der Waals surface area contributed by atoms with Crippen molar-refractivity contribution in [3.8, 4) is 11.5 Å². The van der Waals surface area contributed by atoms with Crippen molar-refractivity contribution in [2.24, 2.45) is 5.92 Å². The fraction of sp³-hybridized carbons (Fsp3) is 0.381. The number of nitrogens with one attached hydrogen (secondary N) is 1. The molecule has 144 valence electrons. The number of rotatable bonds is 7. The van der Waals surface area contributed by atoms with Crippen LogP contribution >= 0.6 is 0 Å². The van der Waals surface area contributed by atoms with E-state index in [0.29, 0.717) is 11.4 Å². The molecule has 0 unspecified atom stereocenters. The lowest BCUT2D eigenvalue weighted by Crippen LogP contribution is -2.38. The first-order valence-corrected chi connectivity index (χ1v) is 9.32. The summed E-state index contributed by atoms with van der Waals surface area (Å²) in [6, 6.07) is 13.2. The number of anilines is 1. The zero-order valence-electron chi connectivity index (χ0n) is 15.2. The molecule has 1 heterocycles. The van der Waals surface area contributed by atoms with E-state index in [9.17, 15) is 9.18 Å². The van der Waals surface area contributed by atoms with Crippen LogP contribution in [0, 0.1) is 11.7 Å². The van der Waals surface area contributed by atoms with Gasteiger partial charge >= 0.3 is 0 Å². The van der Waals surface area contributed by atoms with E-state index in [-0.39, 0.29) is 24.2 Å². The minimum atomic E-state index is -0.416. The van der Waals surface area contributed by atoms with Gasteiger partial charge in [-0.25, -0.2) is 4.39 Å². The summed E-state index contributed by atoms with van der Waals surface area (Å²) in [5.41, 5.74) is 0.698. The summed E-state index contributed by atoms with van der Waals surface area (Å²) >= 11 is 0. The Kier molecular flexibility index (Phi) is 6.79. The van der Waals surface area contributed by atoms with Gasteiger partial charge in [0.1, 0.15) is 5.75 Å². The lowest BCUT2D eigenvalue weighted by Gasteiger charge is -2.31. The Labute approximate surface area is 158 Å². The number of ether oxygens (including phenoxy) is 1. The Morgan fingerprint density at radius 3 is 2.52 bits per heavy atom. The summed E-state index contributed by atoms with van der Waals surface area (Å²) < 4.78 is 19.1. The predicted molar refractivity (Wildman–Crippen MR) is 102 cm³/mol. The number of likely N-dealkylation sites (tertiary alicyclic amines) is 1. The Balaban J connectivity index is 1.50. The number of nitrogens with zero attached hydrogens (tertiary/aromatic N) is 1. The maximum absolute atomic E-state index is 13.6. The first-order chi connectivity index (χ1) is 13.2. The van der Waals surface area contributed by atoms with Crippen molar-refractivity contribution >= 4 is 11.6 Å². The molecule has 0 bridgehead atoms. The van der Waals surface area contributed by atoms with Crippen molar-refractivity contribution in [1.29, 1.82) is 0 Å². The molecule has 0 atom stereocenters. The molecule has 1 fully saturated rings. The van der Waals surface area contributed by atoms with Crippen LogP contribution < -0.4 is 10.1 Å². The second kappa shape index (κ2) is 9.48. The second-order valence-corrected chi connectivity index (χ2v) is 6.74. The molecule has 2 aromatic rings. The highest BCUT2D eigenvalue weighted by molar-refractivity contribution is 5.92. The standard InChI is InChI=1S/C21H25FN2O3/c22-19-4-1-2-5-20(19)27-18-8-6-17(7-9-18)23-21(26)16-10-13-24(14-11-16)12-3-15-25/h1-2,4-9,16,25H,3,10-15H2,(H,23,26). The Morgan fingerprint density at radius 1 is 1.15 bits per heavy atom. The van der Waals surface area contributed by atoms with Crippen LogP contribution in [0.3, 0.4) is 0 Å². The van der Waals surface area contributed by atoms with Gasteiger partial charge in [-0.1, -0.05) is 12.1 Å². The topological polar surface area (TPSA) is 61.8 Å². The summed E-state index contributed by atoms with van der Waals surface area (Å²) in [7, 11) is 0. The predicted octanol–water partition coefficient (Wildman–Crippen LogP) is 3.65. The van der Waals surface area contributed by atoms with Gasteiger partial charge in [-0.2, -0.15) is 0 Å². The quantitative estimate of drug-likeness (QED) is 0.779. The lowest BCUT2D eigenvalue weighted by molar-refractivity contribution is -0.121. The summed E-state index contributed by atoms with van der Waals surface area (Å²) in [4.78, 5) is 14.7. The van der Waals surface area contributed by atoms with E-state index in [2.05, 4.69) is 10.2 Å². The van der Waals surface area contributed by atoms with E-state index in [1.54, 1.807) is 42.5 Å². The Bertz CT molecular complexity index is 743. The van der Waals surface area contributed by atoms with E-state index in [0.717, 1.165) is 38.9 Å². The van der Waals surface area contributed by atoms with E-state index in [1.807, 2.05) is 0 Å². The molecule has 0 spiro atoms. The molecule has 0 aliphatic carbocycles. The normalized spacial score (nSPS) is 15.5. The monoisotopic (exact) mass is 372 g/mol. The number of hydrogen-bond donors (Lipinski definition) is 2. The molecule has 2 N–H and O–H groups in total. The van der Waals surface area contributed by atoms with Crippen molar-refractivity contribution in [3.05, 3.63) is 54.3 Å². The Morgan fingerprint density at radius 2 is 1.85 bits per heavy atom. The van der Waals surface area contributed by atoms with E-state index in [4.69, 9.17) is 9.84 Å². The largest absolute Gasteiger partial charge is 0.454 e. The number of para-hydroxylation sites is 1. The minimum absolute atomic E-state index is 0.00437. The number of carbonyl (C=O) groups excluding carboxylic acids is 1. The summed E-state index contributed by atoms with van der Waals surface area (Å²) in [5, 5.41) is 11.8. The van der Waals surface area contributed by atoms with Crippen molar-refractivity contribution in [2.45, 2.75) is 19.3 Å². The third-order valence-corrected chi connectivity index (χ3v) is 4.78. The molecule has 2 aromatic carbocycles. The van der Waals surface area contributed by atoms with Crippen LogP contribution in [0.5, 0.6) is 11.5 Å². The molecule has 0 saturated carbocycles. The van der Waals surface area contributed by atoms with Crippen molar-refractivity contribution in [2.75, 3.05) is 31.6 Å². The molecule has 0 aromatic heterocycles. The number of hydrogen-bond acceptors (Lipinski definition) is 4. The van der Waals surface area contributed by atoms with E-state index in [1.165, 1.54) is 6.07 Å². The molecule has 5 nitrogen and oxygen atoms in total. The average Bonchev–Trinajstić information content (AvgIpc) is 2.70. The molecule has 3 rings (SSSR count). The third-order valence-electron chi connectivity index (χ3n) is 4.78. The molecule has 27 heavy (non-hydrogen) atoms. The molecule has 1 amide bonds. The van der Waals surface area contributed by atoms with Gasteiger partial charge in [0.05, 0.1) is 0 Å². The minimum Gasteiger partial charge on any atom is -0.454 e. The Hall–Kier alpha value is -2.44. The molecular weight excluding hydrogens is 347 g/mol. The first-order valence-electron chi connectivity index (χ1n) is 9.32. The van der Waals surface area contributed by atoms with Gasteiger partial charge in [0, 0.05) is 24.8 Å². The van der Waals surface area contributed by atoms with Crippen LogP contribution in [-0.4, -0.2) is 42.2 Å². The molecule has 1 aliphatic rings. The number of carbonyl (C=O) groups is 1. The van der Waals surface area contributed by atoms with Crippen LogP contribution in [0.2, 0.25) is 0 Å². The smallest absolute Gasteiger partial charge is 0.227 e. The average molecular weight is 372 g/mol. The SMILES string of the molecule is O=C(Nc1ccc(Oc2ccccc2F)cc1)C1CCN(CCCO)CC1. The van der Waals surface area contributed by atoms with Crippen LogP contribution in [0.25, 0.3) is 0 Å². The van der Waals surface area contributed by atoms with Crippen molar-refractivity contribution in [3.63, 3.8) is 0 Å². The second-order valence-electron chi connectivity index (χ2n) is 6.74. The molecule has 1 aliphatic heterocycles. The van der Waals surface area contributed by atoms with Crippen molar-refractivity contribution in [1.82, 2.24) is 4.90 Å². The number of aliphatic hydroxyl groups excluding tert-OH is 1. The highest BCUT2D eigenvalue weighted by atomic mass is 19.1. The fourth-order valence-electron chi connectivity index (χ4n) is 3.22. The molecule has 1 saturated heterocycles. The number of piperidine rings is 1. The van der Waals surface area contributed by atoms with E-state index >= 15 is 0 Å². The number of benzene rings is 2. The van der Waals surface area contributed by atoms with Gasteiger partial charge < -0.3 is 20.1 Å². The maximum Gasteiger partial charge on any atom is 0.227 e. The van der Waals surface area contributed by atoms with Gasteiger partial charge in [-0.3, -0.25) is 4.79 Å². The van der Waals surface area contributed by atoms with Crippen LogP contribution in [0.4, 0.5) is 10.1 Å². The van der Waals surface area contributed by atoms with Crippen molar-refractivity contribution < 1.29 is 19.0 Å². The number of halogens is 1. The zero-order chi connectivity index (χ0) is 19.1. The van der Waals surface area contributed by atoms with Crippen LogP contribution in [0.15, 0.2) is 48.5 Å². The lowest BCUT2D eigenvalue weighted by atomic mass is 9.95. The first kappa shape index (κ1) is 19.3. The van der Waals surface area contributed by atoms with Gasteiger partial charge in [-0.15, -0.1) is 0 Å². The van der Waals surface area contributed by atoms with Gasteiger partial charge in [0.2, 0.25) is 5.91 Å². The van der Waals surface area contributed by atoms with Gasteiger partial charge in [0.15, 0.2) is 11.6 Å². The fourth-order valence-corrected chi connectivity index (χ4v) is 3.22. The third kappa shape index (κ3) is 5.52. The summed E-state index contributed by atoms with van der Waals surface area (Å²) in [5.74, 6) is 0.294. The maximum atomic E-state index is 13.6.